The molecule has 0 N–H and O–H groups in total. The molecule has 0 spiro atoms. The van der Waals surface area contributed by atoms with Gasteiger partial charge in [0.25, 0.3) is 0 Å². The number of rotatable bonds is 8. The Morgan fingerprint density at radius 1 is 1.35 bits per heavy atom. The highest BCUT2D eigenvalue weighted by molar-refractivity contribution is 6.16. The summed E-state index contributed by atoms with van der Waals surface area (Å²) in [6.07, 6.45) is 3.99. The normalized spacial score (nSPS) is 10.7. The predicted molar refractivity (Wildman–Crippen MR) is 90.7 cm³/mol. The molecule has 0 atom stereocenters. The fourth-order valence-corrected chi connectivity index (χ4v) is 2.73. The highest BCUT2D eigenvalue weighted by Gasteiger charge is 2.10. The number of nitrogens with zero attached hydrogens (tertiary/aromatic N) is 3. The van der Waals surface area contributed by atoms with Crippen molar-refractivity contribution in [3.8, 4) is 0 Å². The summed E-state index contributed by atoms with van der Waals surface area (Å²) >= 11 is 6.00. The van der Waals surface area contributed by atoms with Crippen molar-refractivity contribution in [2.45, 2.75) is 45.0 Å². The maximum atomic E-state index is 10.7. The van der Waals surface area contributed by atoms with Crippen LogP contribution in [0.3, 0.4) is 0 Å². The number of hydrogen-bond donors (Lipinski definition) is 0. The summed E-state index contributed by atoms with van der Waals surface area (Å²) in [5.41, 5.74) is 2.44. The van der Waals surface area contributed by atoms with Gasteiger partial charge in [0.05, 0.1) is 30.1 Å². The lowest BCUT2D eigenvalue weighted by Crippen LogP contribution is -2.03. The number of hydrogen-bond acceptors (Lipinski definition) is 3. The zero-order chi connectivity index (χ0) is 16.7. The van der Waals surface area contributed by atoms with Crippen LogP contribution >= 0.6 is 11.6 Å². The predicted octanol–water partition coefficient (Wildman–Crippen LogP) is 4.45. The first-order valence-electron chi connectivity index (χ1n) is 7.71. The molecule has 122 valence electrons. The summed E-state index contributed by atoms with van der Waals surface area (Å²) < 4.78 is 7.04. The summed E-state index contributed by atoms with van der Waals surface area (Å²) in [7, 11) is 0. The number of aromatic nitrogens is 2. The van der Waals surface area contributed by atoms with E-state index in [9.17, 15) is 4.79 Å². The molecule has 0 aliphatic rings. The van der Waals surface area contributed by atoms with Crippen LogP contribution in [0.1, 0.15) is 38.4 Å². The van der Waals surface area contributed by atoms with Crippen LogP contribution in [0.15, 0.2) is 18.2 Å². The molecule has 0 unspecified atom stereocenters. The van der Waals surface area contributed by atoms with E-state index in [4.69, 9.17) is 22.9 Å². The first-order chi connectivity index (χ1) is 11.2. The Hall–Kier alpha value is -2.06. The molecule has 0 amide bonds. The van der Waals surface area contributed by atoms with Gasteiger partial charge in [-0.1, -0.05) is 12.5 Å². The largest absolute Gasteiger partial charge is 0.466 e. The molecule has 6 heteroatoms. The second-order valence-electron chi connectivity index (χ2n) is 5.35. The second kappa shape index (κ2) is 8.54. The van der Waals surface area contributed by atoms with Gasteiger partial charge in [-0.15, -0.1) is 11.6 Å². The molecule has 0 saturated carbocycles. The minimum Gasteiger partial charge on any atom is -0.466 e. The number of carbonyl (C=O) groups is 1. The molecule has 1 aromatic heterocycles. The minimum absolute atomic E-state index is 0.222. The molecule has 1 heterocycles. The van der Waals surface area contributed by atoms with Crippen molar-refractivity contribution in [2.75, 3.05) is 6.61 Å². The third-order valence-electron chi connectivity index (χ3n) is 3.64. The number of ether oxygens (including phenoxy) is 1. The Bertz CT molecular complexity index is 718. The Balaban J connectivity index is 1.92. The summed E-state index contributed by atoms with van der Waals surface area (Å²) in [6.45, 7) is 9.85. The Morgan fingerprint density at radius 2 is 2.13 bits per heavy atom. The Kier molecular flexibility index (Phi) is 6.42. The summed E-state index contributed by atoms with van der Waals surface area (Å²) in [4.78, 5) is 18.6. The molecule has 0 aliphatic carbocycles. The third-order valence-corrected chi connectivity index (χ3v) is 3.88. The van der Waals surface area contributed by atoms with Gasteiger partial charge >= 0.3 is 5.97 Å². The maximum absolute atomic E-state index is 10.7. The van der Waals surface area contributed by atoms with E-state index in [1.165, 1.54) is 6.92 Å². The Labute approximate surface area is 141 Å². The number of aryl methyl sites for hydroxylation is 1. The summed E-state index contributed by atoms with van der Waals surface area (Å²) in [6, 6.07) is 5.55. The van der Waals surface area contributed by atoms with E-state index in [1.54, 1.807) is 6.07 Å². The monoisotopic (exact) mass is 333 g/mol. The topological polar surface area (TPSA) is 48.5 Å². The average molecular weight is 334 g/mol. The van der Waals surface area contributed by atoms with E-state index in [1.807, 2.05) is 12.1 Å². The molecule has 0 bridgehead atoms. The van der Waals surface area contributed by atoms with Crippen LogP contribution in [0.5, 0.6) is 0 Å². The first-order valence-corrected chi connectivity index (χ1v) is 8.25. The number of alkyl halides is 1. The lowest BCUT2D eigenvalue weighted by atomic mass is 10.2. The van der Waals surface area contributed by atoms with Crippen molar-refractivity contribution in [1.82, 2.24) is 9.55 Å². The fraction of sp³-hybridized carbons (Fsp3) is 0.471. The fourth-order valence-electron chi connectivity index (χ4n) is 2.53. The smallest absolute Gasteiger partial charge is 0.302 e. The van der Waals surface area contributed by atoms with Gasteiger partial charge < -0.3 is 9.30 Å². The van der Waals surface area contributed by atoms with E-state index in [0.717, 1.165) is 49.1 Å². The van der Waals surface area contributed by atoms with Gasteiger partial charge in [0, 0.05) is 13.5 Å². The molecular formula is C17H20ClN3O2. The van der Waals surface area contributed by atoms with Gasteiger partial charge in [-0.2, -0.15) is 0 Å². The number of unbranched alkanes of at least 4 members (excludes halogenated alkanes) is 3. The molecule has 2 rings (SSSR count). The summed E-state index contributed by atoms with van der Waals surface area (Å²) in [5, 5.41) is 0. The highest BCUT2D eigenvalue weighted by Crippen LogP contribution is 2.23. The SMILES string of the molecule is [C-]#[N+]c1ccc2c(c1)nc(CCl)n2CCCCCCOC(C)=O. The van der Waals surface area contributed by atoms with E-state index in [2.05, 4.69) is 14.4 Å². The van der Waals surface area contributed by atoms with Crippen LogP contribution in [0.4, 0.5) is 5.69 Å². The van der Waals surface area contributed by atoms with Crippen LogP contribution in [0.2, 0.25) is 0 Å². The van der Waals surface area contributed by atoms with Gasteiger partial charge in [0.2, 0.25) is 0 Å². The van der Waals surface area contributed by atoms with Crippen molar-refractivity contribution in [3.63, 3.8) is 0 Å². The molecule has 0 saturated heterocycles. The molecule has 1 aromatic carbocycles. The van der Waals surface area contributed by atoms with Crippen LogP contribution < -0.4 is 0 Å². The molecule has 0 fully saturated rings. The third kappa shape index (κ3) is 4.70. The molecular weight excluding hydrogens is 314 g/mol. The van der Waals surface area contributed by atoms with E-state index < -0.39 is 0 Å². The van der Waals surface area contributed by atoms with Crippen molar-refractivity contribution in [1.29, 1.82) is 0 Å². The number of fused-ring (bicyclic) bond motifs is 1. The zero-order valence-electron chi connectivity index (χ0n) is 13.2. The van der Waals surface area contributed by atoms with E-state index in [0.29, 0.717) is 18.2 Å². The first kappa shape index (κ1) is 17.3. The van der Waals surface area contributed by atoms with Gasteiger partial charge in [-0.3, -0.25) is 4.79 Å². The number of benzene rings is 1. The molecule has 5 nitrogen and oxygen atoms in total. The number of carbonyl (C=O) groups excluding carboxylic acids is 1. The number of esters is 1. The van der Waals surface area contributed by atoms with Crippen LogP contribution in [-0.2, 0) is 22.0 Å². The van der Waals surface area contributed by atoms with Gasteiger partial charge in [-0.25, -0.2) is 9.83 Å². The standard InChI is InChI=1S/C17H20ClN3O2/c1-13(22)23-10-6-4-3-5-9-21-16-8-7-14(19-2)11-15(16)20-17(21)12-18/h7-8,11H,3-6,9-10,12H2,1H3. The Morgan fingerprint density at radius 3 is 2.83 bits per heavy atom. The molecule has 2 aromatic rings. The van der Waals surface area contributed by atoms with E-state index in [-0.39, 0.29) is 5.97 Å². The zero-order valence-corrected chi connectivity index (χ0v) is 14.0. The van der Waals surface area contributed by atoms with Gasteiger partial charge in [0.1, 0.15) is 5.82 Å². The van der Waals surface area contributed by atoms with Crippen molar-refractivity contribution >= 4 is 34.3 Å². The van der Waals surface area contributed by atoms with Gasteiger partial charge in [-0.05, 0) is 31.4 Å². The summed E-state index contributed by atoms with van der Waals surface area (Å²) in [5.74, 6) is 0.971. The maximum Gasteiger partial charge on any atom is 0.302 e. The number of halogens is 1. The van der Waals surface area contributed by atoms with Crippen molar-refractivity contribution in [2.24, 2.45) is 0 Å². The quantitative estimate of drug-likeness (QED) is 0.310. The van der Waals surface area contributed by atoms with Crippen molar-refractivity contribution < 1.29 is 9.53 Å². The lowest BCUT2D eigenvalue weighted by molar-refractivity contribution is -0.141. The molecule has 0 radical (unpaired) electrons. The minimum atomic E-state index is -0.222. The van der Waals surface area contributed by atoms with Crippen LogP contribution in [-0.4, -0.2) is 22.1 Å². The van der Waals surface area contributed by atoms with E-state index >= 15 is 0 Å². The van der Waals surface area contributed by atoms with Crippen molar-refractivity contribution in [3.05, 3.63) is 35.4 Å². The average Bonchev–Trinajstić information content (AvgIpc) is 2.90. The van der Waals surface area contributed by atoms with Crippen LogP contribution in [0.25, 0.3) is 15.9 Å². The molecule has 23 heavy (non-hydrogen) atoms. The van der Waals surface area contributed by atoms with Crippen LogP contribution in [0, 0.1) is 6.57 Å². The second-order valence-corrected chi connectivity index (χ2v) is 5.62. The number of imidazole rings is 1. The molecule has 0 aliphatic heterocycles. The van der Waals surface area contributed by atoms with Gasteiger partial charge in [0.15, 0.2) is 5.69 Å². The lowest BCUT2D eigenvalue weighted by Gasteiger charge is -2.08. The highest BCUT2D eigenvalue weighted by atomic mass is 35.5.